The first kappa shape index (κ1) is 23.6. The van der Waals surface area contributed by atoms with Crippen molar-refractivity contribution in [1.82, 2.24) is 10.2 Å². The third-order valence-corrected chi connectivity index (χ3v) is 5.31. The minimum absolute atomic E-state index is 0. The maximum absolute atomic E-state index is 12.4. The number of carbonyl (C=O) groups excluding carboxylic acids is 2. The molecule has 0 aliphatic carbocycles. The van der Waals surface area contributed by atoms with E-state index in [9.17, 15) is 9.59 Å². The Morgan fingerprint density at radius 1 is 1.07 bits per heavy atom. The molecule has 1 aliphatic rings. The van der Waals surface area contributed by atoms with Crippen molar-refractivity contribution in [2.75, 3.05) is 26.2 Å². The van der Waals surface area contributed by atoms with E-state index in [1.165, 1.54) is 18.4 Å². The smallest absolute Gasteiger partial charge is 0.223 e. The minimum atomic E-state index is 0. The summed E-state index contributed by atoms with van der Waals surface area (Å²) in [5.74, 6) is 0.870. The first-order valence-electron chi connectivity index (χ1n) is 10.2. The van der Waals surface area contributed by atoms with Gasteiger partial charge in [0.1, 0.15) is 0 Å². The van der Waals surface area contributed by atoms with Crippen LogP contribution >= 0.6 is 12.4 Å². The second-order valence-electron chi connectivity index (χ2n) is 7.36. The highest BCUT2D eigenvalue weighted by molar-refractivity contribution is 5.98. The van der Waals surface area contributed by atoms with Crippen LogP contribution in [-0.4, -0.2) is 42.8 Å². The molecule has 1 fully saturated rings. The van der Waals surface area contributed by atoms with Gasteiger partial charge in [-0.1, -0.05) is 44.5 Å². The second kappa shape index (κ2) is 12.9. The molecule has 5 heteroatoms. The van der Waals surface area contributed by atoms with Crippen molar-refractivity contribution in [1.29, 1.82) is 0 Å². The monoisotopic (exact) mass is 394 g/mol. The number of rotatable bonds is 10. The number of carbonyl (C=O) groups is 2. The molecular weight excluding hydrogens is 360 g/mol. The highest BCUT2D eigenvalue weighted by Gasteiger charge is 2.22. The fourth-order valence-corrected chi connectivity index (χ4v) is 3.50. The molecule has 0 unspecified atom stereocenters. The summed E-state index contributed by atoms with van der Waals surface area (Å²) >= 11 is 0. The topological polar surface area (TPSA) is 49.4 Å². The first-order chi connectivity index (χ1) is 12.6. The van der Waals surface area contributed by atoms with E-state index in [0.29, 0.717) is 18.8 Å². The van der Waals surface area contributed by atoms with E-state index < -0.39 is 0 Å². The zero-order chi connectivity index (χ0) is 18.8. The first-order valence-corrected chi connectivity index (χ1v) is 10.2. The van der Waals surface area contributed by atoms with Crippen LogP contribution in [0.3, 0.4) is 0 Å². The number of unbranched alkanes of at least 4 members (excludes halogenated alkanes) is 1. The third kappa shape index (κ3) is 8.02. The lowest BCUT2D eigenvalue weighted by atomic mass is 9.96. The van der Waals surface area contributed by atoms with Crippen LogP contribution < -0.4 is 5.32 Å². The molecule has 0 radical (unpaired) electrons. The van der Waals surface area contributed by atoms with Gasteiger partial charge in [0.15, 0.2) is 5.78 Å². The Labute approximate surface area is 170 Å². The summed E-state index contributed by atoms with van der Waals surface area (Å²) in [5.41, 5.74) is 2.00. The zero-order valence-corrected chi connectivity index (χ0v) is 17.7. The number of ketones is 1. The molecule has 1 saturated heterocycles. The number of benzene rings is 1. The summed E-state index contributed by atoms with van der Waals surface area (Å²) in [7, 11) is 0. The van der Waals surface area contributed by atoms with Gasteiger partial charge < -0.3 is 10.2 Å². The van der Waals surface area contributed by atoms with Crippen LogP contribution in [0.25, 0.3) is 0 Å². The van der Waals surface area contributed by atoms with Crippen molar-refractivity contribution >= 4 is 24.1 Å². The van der Waals surface area contributed by atoms with Crippen LogP contribution in [0, 0.1) is 5.92 Å². The Hall–Kier alpha value is -1.39. The van der Waals surface area contributed by atoms with Gasteiger partial charge in [-0.2, -0.15) is 0 Å². The molecule has 1 aromatic rings. The van der Waals surface area contributed by atoms with Gasteiger partial charge >= 0.3 is 0 Å². The zero-order valence-electron chi connectivity index (χ0n) is 16.8. The minimum Gasteiger partial charge on any atom is -0.343 e. The maximum atomic E-state index is 12.4. The van der Waals surface area contributed by atoms with Crippen molar-refractivity contribution in [3.63, 3.8) is 0 Å². The van der Waals surface area contributed by atoms with E-state index in [1.807, 2.05) is 29.2 Å². The lowest BCUT2D eigenvalue weighted by Gasteiger charge is -2.32. The molecule has 2 rings (SSSR count). The number of Topliss-reactive ketones (excluding diaryl/α,β-unsaturated/α-hetero) is 1. The molecule has 1 heterocycles. The van der Waals surface area contributed by atoms with Gasteiger partial charge in [-0.05, 0) is 50.3 Å². The van der Waals surface area contributed by atoms with Gasteiger partial charge in [-0.25, -0.2) is 0 Å². The number of nitrogens with zero attached hydrogens (tertiary/aromatic N) is 1. The summed E-state index contributed by atoms with van der Waals surface area (Å²) < 4.78 is 0. The summed E-state index contributed by atoms with van der Waals surface area (Å²) in [4.78, 5) is 26.7. The SMILES string of the molecule is CCCCc1ccc(C(=O)CCC(=O)N2CCC(CNCC)CC2)cc1.Cl. The largest absolute Gasteiger partial charge is 0.343 e. The van der Waals surface area contributed by atoms with Crippen LogP contribution in [-0.2, 0) is 11.2 Å². The molecule has 0 aromatic heterocycles. The average molecular weight is 395 g/mol. The van der Waals surface area contributed by atoms with Crippen molar-refractivity contribution in [2.45, 2.75) is 58.8 Å². The number of hydrogen-bond donors (Lipinski definition) is 1. The van der Waals surface area contributed by atoms with Crippen LogP contribution in [0.2, 0.25) is 0 Å². The molecular formula is C22H35ClN2O2. The van der Waals surface area contributed by atoms with E-state index in [0.717, 1.165) is 51.0 Å². The molecule has 0 atom stereocenters. The van der Waals surface area contributed by atoms with E-state index in [4.69, 9.17) is 0 Å². The highest BCUT2D eigenvalue weighted by atomic mass is 35.5. The quantitative estimate of drug-likeness (QED) is 0.603. The summed E-state index contributed by atoms with van der Waals surface area (Å²) in [6.07, 6.45) is 6.17. The number of amides is 1. The molecule has 0 saturated carbocycles. The average Bonchev–Trinajstić information content (AvgIpc) is 2.69. The van der Waals surface area contributed by atoms with Crippen molar-refractivity contribution in [2.24, 2.45) is 5.92 Å². The standard InChI is InChI=1S/C22H34N2O2.ClH/c1-3-5-6-18-7-9-20(10-8-18)21(25)11-12-22(26)24-15-13-19(14-16-24)17-23-4-2;/h7-10,19,23H,3-6,11-17H2,1-2H3;1H. The lowest BCUT2D eigenvalue weighted by molar-refractivity contribution is -0.132. The predicted octanol–water partition coefficient (Wildman–Crippen LogP) is 4.26. The Bertz CT molecular complexity index is 566. The van der Waals surface area contributed by atoms with Gasteiger partial charge in [0.25, 0.3) is 0 Å². The molecule has 152 valence electrons. The van der Waals surface area contributed by atoms with Gasteiger partial charge in [-0.15, -0.1) is 12.4 Å². The summed E-state index contributed by atoms with van der Waals surface area (Å²) in [5, 5.41) is 3.39. The summed E-state index contributed by atoms with van der Waals surface area (Å²) in [6.45, 7) is 8.00. The van der Waals surface area contributed by atoms with Gasteiger partial charge in [-0.3, -0.25) is 9.59 Å². The molecule has 0 spiro atoms. The van der Waals surface area contributed by atoms with Gasteiger partial charge in [0.05, 0.1) is 0 Å². The fraction of sp³-hybridized carbons (Fsp3) is 0.636. The lowest BCUT2D eigenvalue weighted by Crippen LogP contribution is -2.40. The number of hydrogen-bond acceptors (Lipinski definition) is 3. The molecule has 1 amide bonds. The Morgan fingerprint density at radius 3 is 2.33 bits per heavy atom. The molecule has 1 aromatic carbocycles. The molecule has 1 aliphatic heterocycles. The Balaban J connectivity index is 0.00000364. The molecule has 27 heavy (non-hydrogen) atoms. The second-order valence-corrected chi connectivity index (χ2v) is 7.36. The highest BCUT2D eigenvalue weighted by Crippen LogP contribution is 2.18. The van der Waals surface area contributed by atoms with Crippen LogP contribution in [0.1, 0.15) is 68.3 Å². The fourth-order valence-electron chi connectivity index (χ4n) is 3.50. The Morgan fingerprint density at radius 2 is 1.74 bits per heavy atom. The van der Waals surface area contributed by atoms with Crippen molar-refractivity contribution in [3.8, 4) is 0 Å². The predicted molar refractivity (Wildman–Crippen MR) is 114 cm³/mol. The molecule has 0 bridgehead atoms. The number of piperidine rings is 1. The van der Waals surface area contributed by atoms with Crippen molar-refractivity contribution in [3.05, 3.63) is 35.4 Å². The van der Waals surface area contributed by atoms with Crippen LogP contribution in [0.5, 0.6) is 0 Å². The van der Waals surface area contributed by atoms with Gasteiger partial charge in [0.2, 0.25) is 5.91 Å². The third-order valence-electron chi connectivity index (χ3n) is 5.31. The van der Waals surface area contributed by atoms with Crippen molar-refractivity contribution < 1.29 is 9.59 Å². The van der Waals surface area contributed by atoms with E-state index in [-0.39, 0.29) is 24.1 Å². The molecule has 4 nitrogen and oxygen atoms in total. The van der Waals surface area contributed by atoms with Crippen LogP contribution in [0.15, 0.2) is 24.3 Å². The number of nitrogens with one attached hydrogen (secondary N) is 1. The van der Waals surface area contributed by atoms with E-state index >= 15 is 0 Å². The number of halogens is 1. The summed E-state index contributed by atoms with van der Waals surface area (Å²) in [6, 6.07) is 7.90. The van der Waals surface area contributed by atoms with Gasteiger partial charge in [0, 0.05) is 31.5 Å². The van der Waals surface area contributed by atoms with Crippen LogP contribution in [0.4, 0.5) is 0 Å². The molecule has 1 N–H and O–H groups in total. The Kier molecular flexibility index (Phi) is 11.3. The van der Waals surface area contributed by atoms with E-state index in [2.05, 4.69) is 19.2 Å². The van der Waals surface area contributed by atoms with E-state index in [1.54, 1.807) is 0 Å². The number of likely N-dealkylation sites (tertiary alicyclic amines) is 1. The normalized spacial score (nSPS) is 14.7. The number of aryl methyl sites for hydroxylation is 1. The maximum Gasteiger partial charge on any atom is 0.223 e.